The normalized spacial score (nSPS) is 15.3. The van der Waals surface area contributed by atoms with Gasteiger partial charge in [-0.2, -0.15) is 5.10 Å². The molecule has 214 valence electrons. The highest BCUT2D eigenvalue weighted by Crippen LogP contribution is 2.36. The van der Waals surface area contributed by atoms with E-state index in [4.69, 9.17) is 48.7 Å². The van der Waals surface area contributed by atoms with Crippen LogP contribution in [0.1, 0.15) is 22.5 Å². The van der Waals surface area contributed by atoms with Crippen molar-refractivity contribution in [3.05, 3.63) is 115 Å². The Balaban J connectivity index is 1.35. The summed E-state index contributed by atoms with van der Waals surface area (Å²) in [6, 6.07) is 18.6. The molecule has 0 spiro atoms. The van der Waals surface area contributed by atoms with Gasteiger partial charge in [0.1, 0.15) is 18.1 Å². The number of methoxy groups -OCH3 is 1. The third-order valence-corrected chi connectivity index (χ3v) is 7.81. The van der Waals surface area contributed by atoms with E-state index in [0.29, 0.717) is 53.5 Å². The van der Waals surface area contributed by atoms with Crippen LogP contribution in [0.25, 0.3) is 6.08 Å². The minimum Gasteiger partial charge on any atom is -0.507 e. The summed E-state index contributed by atoms with van der Waals surface area (Å²) in [6.07, 6.45) is 4.63. The van der Waals surface area contributed by atoms with E-state index >= 15 is 0 Å². The third kappa shape index (κ3) is 7.11. The van der Waals surface area contributed by atoms with E-state index in [1.165, 1.54) is 30.6 Å². The van der Waals surface area contributed by atoms with Gasteiger partial charge in [-0.05, 0) is 84.1 Å². The average molecular weight is 643 g/mol. The quantitative estimate of drug-likeness (QED) is 0.113. The largest absolute Gasteiger partial charge is 0.507 e. The molecule has 8 nitrogen and oxygen atoms in total. The summed E-state index contributed by atoms with van der Waals surface area (Å²) >= 11 is 19.4. The molecule has 1 amide bonds. The molecule has 0 radical (unpaired) electrons. The van der Waals surface area contributed by atoms with Crippen LogP contribution in [0.4, 0.5) is 0 Å². The zero-order valence-electron chi connectivity index (χ0n) is 22.0. The van der Waals surface area contributed by atoms with E-state index in [-0.39, 0.29) is 24.8 Å². The fraction of sp³-hybridized carbons (Fsp3) is 0.100. The van der Waals surface area contributed by atoms with Gasteiger partial charge in [0.25, 0.3) is 5.91 Å². The average Bonchev–Trinajstić information content (AvgIpc) is 3.59. The van der Waals surface area contributed by atoms with Crippen LogP contribution in [-0.2, 0) is 17.9 Å². The van der Waals surface area contributed by atoms with Crippen molar-refractivity contribution in [2.24, 2.45) is 10.2 Å². The van der Waals surface area contributed by atoms with Gasteiger partial charge in [0.15, 0.2) is 16.7 Å². The van der Waals surface area contributed by atoms with E-state index in [1.54, 1.807) is 66.7 Å². The van der Waals surface area contributed by atoms with Crippen molar-refractivity contribution in [3.8, 4) is 17.2 Å². The number of benzene rings is 3. The summed E-state index contributed by atoms with van der Waals surface area (Å²) in [5, 5.41) is 20.6. The Hall–Kier alpha value is -3.89. The maximum atomic E-state index is 13.3. The molecule has 1 saturated heterocycles. The smallest absolute Gasteiger partial charge is 0.267 e. The number of phenols is 1. The van der Waals surface area contributed by atoms with E-state index < -0.39 is 0 Å². The third-order valence-electron chi connectivity index (χ3n) is 5.99. The molecule has 0 atom stereocenters. The number of aromatic hydroxyl groups is 1. The number of furan rings is 1. The lowest BCUT2D eigenvalue weighted by molar-refractivity contribution is -0.122. The van der Waals surface area contributed by atoms with Crippen LogP contribution in [-0.4, -0.2) is 34.4 Å². The Labute approximate surface area is 260 Å². The summed E-state index contributed by atoms with van der Waals surface area (Å²) in [5.74, 6) is 1.28. The molecule has 0 aliphatic carbocycles. The highest BCUT2D eigenvalue weighted by Gasteiger charge is 2.34. The van der Waals surface area contributed by atoms with Crippen LogP contribution < -0.4 is 9.47 Å². The van der Waals surface area contributed by atoms with E-state index in [9.17, 15) is 9.90 Å². The highest BCUT2D eigenvalue weighted by atomic mass is 35.5. The zero-order chi connectivity index (χ0) is 29.6. The number of amidine groups is 1. The molecular weight excluding hydrogens is 621 g/mol. The lowest BCUT2D eigenvalue weighted by atomic mass is 10.2. The first kappa shape index (κ1) is 29.6. The summed E-state index contributed by atoms with van der Waals surface area (Å²) in [6.45, 7) is 0.385. The van der Waals surface area contributed by atoms with Gasteiger partial charge in [-0.15, -0.1) is 5.10 Å². The van der Waals surface area contributed by atoms with Gasteiger partial charge in [-0.25, -0.2) is 0 Å². The molecule has 1 aliphatic heterocycles. The van der Waals surface area contributed by atoms with Crippen LogP contribution in [0.3, 0.4) is 0 Å². The van der Waals surface area contributed by atoms with Crippen LogP contribution in [0.15, 0.2) is 92.5 Å². The molecule has 1 fully saturated rings. The minimum absolute atomic E-state index is 0.000990. The standard InChI is InChI=1S/C30H22Cl3N3O5S/c1-39-27-11-18(4-9-26(27)41-17-19-5-6-22(32)14-24(19)33)15-34-35-30-36(16-23-3-2-10-40-23)29(38)28(42-30)13-20-12-21(31)7-8-25(20)37/h2-15,37H,16-17H2,1H3/b28-13-,34-15-,35-30+. The monoisotopic (exact) mass is 641 g/mol. The second-order valence-electron chi connectivity index (χ2n) is 8.85. The fourth-order valence-corrected chi connectivity index (χ4v) is 5.45. The number of phenolic OH excluding ortho intramolecular Hbond substituents is 1. The summed E-state index contributed by atoms with van der Waals surface area (Å²) in [4.78, 5) is 15.1. The van der Waals surface area contributed by atoms with Crippen LogP contribution in [0.5, 0.6) is 17.2 Å². The Morgan fingerprint density at radius 2 is 1.83 bits per heavy atom. The van der Waals surface area contributed by atoms with Crippen LogP contribution >= 0.6 is 46.6 Å². The molecule has 3 aromatic carbocycles. The maximum absolute atomic E-state index is 13.3. The van der Waals surface area contributed by atoms with Crippen molar-refractivity contribution in [2.75, 3.05) is 7.11 Å². The maximum Gasteiger partial charge on any atom is 0.267 e. The van der Waals surface area contributed by atoms with Crippen molar-refractivity contribution in [3.63, 3.8) is 0 Å². The molecule has 0 unspecified atom stereocenters. The second-order valence-corrected chi connectivity index (χ2v) is 11.1. The van der Waals surface area contributed by atoms with Gasteiger partial charge in [0.05, 0.1) is 31.0 Å². The van der Waals surface area contributed by atoms with Gasteiger partial charge < -0.3 is 19.0 Å². The van der Waals surface area contributed by atoms with E-state index in [0.717, 1.165) is 17.3 Å². The van der Waals surface area contributed by atoms with E-state index in [1.807, 2.05) is 0 Å². The number of amides is 1. The van der Waals surface area contributed by atoms with Crippen molar-refractivity contribution in [1.82, 2.24) is 4.90 Å². The molecule has 4 aromatic rings. The highest BCUT2D eigenvalue weighted by molar-refractivity contribution is 8.18. The lowest BCUT2D eigenvalue weighted by Gasteiger charge is -2.13. The van der Waals surface area contributed by atoms with Crippen molar-refractivity contribution in [2.45, 2.75) is 13.2 Å². The van der Waals surface area contributed by atoms with Crippen molar-refractivity contribution >= 4 is 69.9 Å². The Kier molecular flexibility index (Phi) is 9.44. The predicted octanol–water partition coefficient (Wildman–Crippen LogP) is 8.04. The molecular formula is C30H22Cl3N3O5S. The van der Waals surface area contributed by atoms with E-state index in [2.05, 4.69) is 10.2 Å². The molecule has 12 heteroatoms. The lowest BCUT2D eigenvalue weighted by Crippen LogP contribution is -2.28. The SMILES string of the molecule is COc1cc(/C=N\N=C2\S/C(=C\c3cc(Cl)ccc3O)C(=O)N2Cc2ccco2)ccc1OCc1ccc(Cl)cc1Cl. The summed E-state index contributed by atoms with van der Waals surface area (Å²) in [7, 11) is 1.54. The number of ether oxygens (including phenoxy) is 2. The first-order valence-electron chi connectivity index (χ1n) is 12.4. The van der Waals surface area contributed by atoms with Gasteiger partial charge in [-0.3, -0.25) is 9.69 Å². The first-order chi connectivity index (χ1) is 20.3. The first-order valence-corrected chi connectivity index (χ1v) is 14.3. The van der Waals surface area contributed by atoms with Gasteiger partial charge in [-0.1, -0.05) is 40.9 Å². The molecule has 0 saturated carbocycles. The molecule has 5 rings (SSSR count). The number of carbonyl (C=O) groups is 1. The topological polar surface area (TPSA) is 96.9 Å². The molecule has 42 heavy (non-hydrogen) atoms. The Morgan fingerprint density at radius 3 is 2.60 bits per heavy atom. The van der Waals surface area contributed by atoms with Crippen molar-refractivity contribution < 1.29 is 23.8 Å². The number of rotatable bonds is 9. The second kappa shape index (κ2) is 13.4. The van der Waals surface area contributed by atoms with Gasteiger partial charge >= 0.3 is 0 Å². The molecule has 1 aliphatic rings. The number of carbonyl (C=O) groups excluding carboxylic acids is 1. The number of hydrogen-bond donors (Lipinski definition) is 1. The zero-order valence-corrected chi connectivity index (χ0v) is 25.0. The predicted molar refractivity (Wildman–Crippen MR) is 167 cm³/mol. The van der Waals surface area contributed by atoms with Gasteiger partial charge in [0.2, 0.25) is 0 Å². The number of nitrogens with zero attached hydrogens (tertiary/aromatic N) is 3. The minimum atomic E-state index is -0.311. The van der Waals surface area contributed by atoms with Crippen LogP contribution in [0.2, 0.25) is 15.1 Å². The molecule has 2 heterocycles. The Morgan fingerprint density at radius 1 is 1.02 bits per heavy atom. The molecule has 1 N–H and O–H groups in total. The fourth-order valence-electron chi connectivity index (χ4n) is 3.89. The molecule has 0 bridgehead atoms. The molecule has 1 aromatic heterocycles. The summed E-state index contributed by atoms with van der Waals surface area (Å²) < 4.78 is 16.9. The number of thioether (sulfide) groups is 1. The summed E-state index contributed by atoms with van der Waals surface area (Å²) in [5.41, 5.74) is 1.89. The number of halogens is 3. The van der Waals surface area contributed by atoms with Crippen molar-refractivity contribution in [1.29, 1.82) is 0 Å². The number of hydrogen-bond acceptors (Lipinski definition) is 8. The Bertz CT molecular complexity index is 1710. The van der Waals surface area contributed by atoms with Crippen LogP contribution in [0, 0.1) is 0 Å². The van der Waals surface area contributed by atoms with Gasteiger partial charge in [0, 0.05) is 26.2 Å².